The molecule has 5 heteroatoms. The van der Waals surface area contributed by atoms with Gasteiger partial charge in [0.15, 0.2) is 5.78 Å². The van der Waals surface area contributed by atoms with Gasteiger partial charge in [-0.3, -0.25) is 4.79 Å². The highest BCUT2D eigenvalue weighted by molar-refractivity contribution is 5.98. The fourth-order valence-electron chi connectivity index (χ4n) is 2.87. The summed E-state index contributed by atoms with van der Waals surface area (Å²) in [6.07, 6.45) is 0. The van der Waals surface area contributed by atoms with E-state index >= 15 is 0 Å². The van der Waals surface area contributed by atoms with Crippen LogP contribution >= 0.6 is 0 Å². The van der Waals surface area contributed by atoms with Gasteiger partial charge in [-0.05, 0) is 80.4 Å². The number of aryl methyl sites for hydroxylation is 2. The molecule has 0 atom stereocenters. The SMILES string of the molecule is COc1ccc(Oc2ccc(OC(=O)c3cccc(C(C)=O)c3)c(C)c2)cc1C. The van der Waals surface area contributed by atoms with Crippen LogP contribution in [0.5, 0.6) is 23.0 Å². The molecule has 3 aromatic rings. The smallest absolute Gasteiger partial charge is 0.343 e. The average Bonchev–Trinajstić information content (AvgIpc) is 2.70. The zero-order valence-corrected chi connectivity index (χ0v) is 16.8. The Morgan fingerprint density at radius 1 is 0.759 bits per heavy atom. The number of hydrogen-bond acceptors (Lipinski definition) is 5. The summed E-state index contributed by atoms with van der Waals surface area (Å²) in [5.74, 6) is 1.92. The van der Waals surface area contributed by atoms with E-state index in [1.807, 2.05) is 32.0 Å². The number of Topliss-reactive ketones (excluding diaryl/α,β-unsaturated/α-hetero) is 1. The quantitative estimate of drug-likeness (QED) is 0.315. The lowest BCUT2D eigenvalue weighted by molar-refractivity contribution is 0.0733. The van der Waals surface area contributed by atoms with Gasteiger partial charge in [0, 0.05) is 5.56 Å². The van der Waals surface area contributed by atoms with Crippen molar-refractivity contribution in [2.75, 3.05) is 7.11 Å². The van der Waals surface area contributed by atoms with E-state index in [-0.39, 0.29) is 5.78 Å². The second-order valence-electron chi connectivity index (χ2n) is 6.69. The highest BCUT2D eigenvalue weighted by Crippen LogP contribution is 2.30. The van der Waals surface area contributed by atoms with E-state index < -0.39 is 5.97 Å². The molecule has 0 N–H and O–H groups in total. The van der Waals surface area contributed by atoms with Gasteiger partial charge in [0.2, 0.25) is 0 Å². The number of carbonyl (C=O) groups excluding carboxylic acids is 2. The van der Waals surface area contributed by atoms with Gasteiger partial charge in [-0.25, -0.2) is 4.79 Å². The Labute approximate surface area is 169 Å². The van der Waals surface area contributed by atoms with Crippen molar-refractivity contribution in [1.82, 2.24) is 0 Å². The highest BCUT2D eigenvalue weighted by atomic mass is 16.5. The van der Waals surface area contributed by atoms with Gasteiger partial charge in [-0.1, -0.05) is 12.1 Å². The summed E-state index contributed by atoms with van der Waals surface area (Å²) < 4.78 is 16.6. The minimum absolute atomic E-state index is 0.105. The van der Waals surface area contributed by atoms with E-state index in [1.165, 1.54) is 13.0 Å². The Kier molecular flexibility index (Phi) is 5.98. The fraction of sp³-hybridized carbons (Fsp3) is 0.167. The largest absolute Gasteiger partial charge is 0.496 e. The Bertz CT molecular complexity index is 1070. The third-order valence-corrected chi connectivity index (χ3v) is 4.46. The Hall–Kier alpha value is -3.60. The topological polar surface area (TPSA) is 61.8 Å². The lowest BCUT2D eigenvalue weighted by Gasteiger charge is -2.12. The zero-order chi connectivity index (χ0) is 21.0. The monoisotopic (exact) mass is 390 g/mol. The molecular weight excluding hydrogens is 368 g/mol. The van der Waals surface area contributed by atoms with Gasteiger partial charge in [-0.2, -0.15) is 0 Å². The molecule has 3 aromatic carbocycles. The first-order valence-corrected chi connectivity index (χ1v) is 9.13. The summed E-state index contributed by atoms with van der Waals surface area (Å²) in [6, 6.07) is 17.3. The molecule has 0 fully saturated rings. The lowest BCUT2D eigenvalue weighted by atomic mass is 10.1. The van der Waals surface area contributed by atoms with Crippen LogP contribution in [0, 0.1) is 13.8 Å². The molecule has 0 spiro atoms. The molecule has 0 aromatic heterocycles. The summed E-state index contributed by atoms with van der Waals surface area (Å²) in [5.41, 5.74) is 2.52. The van der Waals surface area contributed by atoms with Gasteiger partial charge in [0.1, 0.15) is 23.0 Å². The van der Waals surface area contributed by atoms with E-state index in [2.05, 4.69) is 0 Å². The Morgan fingerprint density at radius 3 is 1.90 bits per heavy atom. The summed E-state index contributed by atoms with van der Waals surface area (Å²) in [4.78, 5) is 23.9. The van der Waals surface area contributed by atoms with Gasteiger partial charge in [-0.15, -0.1) is 0 Å². The molecule has 0 bridgehead atoms. The predicted octanol–water partition coefficient (Wildman–Crippen LogP) is 5.53. The van der Waals surface area contributed by atoms with E-state index in [9.17, 15) is 9.59 Å². The van der Waals surface area contributed by atoms with Crippen LogP contribution < -0.4 is 14.2 Å². The number of ketones is 1. The molecule has 0 heterocycles. The Morgan fingerprint density at radius 2 is 1.34 bits per heavy atom. The van der Waals surface area contributed by atoms with Gasteiger partial charge < -0.3 is 14.2 Å². The van der Waals surface area contributed by atoms with Gasteiger partial charge >= 0.3 is 5.97 Å². The van der Waals surface area contributed by atoms with Crippen molar-refractivity contribution in [3.05, 3.63) is 82.9 Å². The third kappa shape index (κ3) is 4.82. The van der Waals surface area contributed by atoms with Crippen LogP contribution in [-0.2, 0) is 0 Å². The van der Waals surface area contributed by atoms with E-state index in [1.54, 1.807) is 43.5 Å². The maximum absolute atomic E-state index is 12.4. The maximum Gasteiger partial charge on any atom is 0.343 e. The molecule has 29 heavy (non-hydrogen) atoms. The van der Waals surface area contributed by atoms with Crippen LogP contribution in [0.2, 0.25) is 0 Å². The predicted molar refractivity (Wildman–Crippen MR) is 110 cm³/mol. The van der Waals surface area contributed by atoms with Crippen LogP contribution in [0.4, 0.5) is 0 Å². The van der Waals surface area contributed by atoms with Crippen LogP contribution in [-0.4, -0.2) is 18.9 Å². The molecule has 5 nitrogen and oxygen atoms in total. The first-order valence-electron chi connectivity index (χ1n) is 9.13. The van der Waals surface area contributed by atoms with E-state index in [4.69, 9.17) is 14.2 Å². The first-order chi connectivity index (χ1) is 13.9. The molecule has 0 saturated heterocycles. The normalized spacial score (nSPS) is 10.3. The molecule has 0 amide bonds. The maximum atomic E-state index is 12.4. The van der Waals surface area contributed by atoms with Gasteiger partial charge in [0.05, 0.1) is 12.7 Å². The first kappa shape index (κ1) is 20.1. The molecule has 148 valence electrons. The molecular formula is C24H22O5. The van der Waals surface area contributed by atoms with Crippen LogP contribution in [0.3, 0.4) is 0 Å². The number of carbonyl (C=O) groups is 2. The second kappa shape index (κ2) is 8.61. The molecule has 0 aliphatic carbocycles. The second-order valence-corrected chi connectivity index (χ2v) is 6.69. The van der Waals surface area contributed by atoms with Crippen molar-refractivity contribution >= 4 is 11.8 Å². The number of ether oxygens (including phenoxy) is 3. The van der Waals surface area contributed by atoms with Crippen LogP contribution in [0.1, 0.15) is 38.8 Å². The van der Waals surface area contributed by atoms with E-state index in [0.29, 0.717) is 28.4 Å². The van der Waals surface area contributed by atoms with Crippen LogP contribution in [0.25, 0.3) is 0 Å². The third-order valence-electron chi connectivity index (χ3n) is 4.46. The van der Waals surface area contributed by atoms with Crippen molar-refractivity contribution in [2.24, 2.45) is 0 Å². The van der Waals surface area contributed by atoms with E-state index in [0.717, 1.165) is 16.9 Å². The average molecular weight is 390 g/mol. The van der Waals surface area contributed by atoms with Gasteiger partial charge in [0.25, 0.3) is 0 Å². The van der Waals surface area contributed by atoms with Crippen LogP contribution in [0.15, 0.2) is 60.7 Å². The standard InChI is InChI=1S/C24H22O5/c1-15-12-20(8-10-22(15)27-4)28-21-9-11-23(16(2)13-21)29-24(26)19-7-5-6-18(14-19)17(3)25/h5-14H,1-4H3. The number of esters is 1. The summed E-state index contributed by atoms with van der Waals surface area (Å²) in [5, 5.41) is 0. The number of benzene rings is 3. The summed E-state index contributed by atoms with van der Waals surface area (Å²) in [7, 11) is 1.63. The van der Waals surface area contributed by atoms with Crippen molar-refractivity contribution < 1.29 is 23.8 Å². The Balaban J connectivity index is 1.74. The van der Waals surface area contributed by atoms with Crippen molar-refractivity contribution in [3.8, 4) is 23.0 Å². The number of rotatable bonds is 6. The zero-order valence-electron chi connectivity index (χ0n) is 16.8. The minimum Gasteiger partial charge on any atom is -0.496 e. The lowest BCUT2D eigenvalue weighted by Crippen LogP contribution is -2.10. The van der Waals surface area contributed by atoms with Crippen molar-refractivity contribution in [1.29, 1.82) is 0 Å². The number of methoxy groups -OCH3 is 1. The minimum atomic E-state index is -0.518. The molecule has 0 unspecified atom stereocenters. The molecule has 0 saturated carbocycles. The van der Waals surface area contributed by atoms with Crippen molar-refractivity contribution in [3.63, 3.8) is 0 Å². The number of hydrogen-bond donors (Lipinski definition) is 0. The summed E-state index contributed by atoms with van der Waals surface area (Å²) >= 11 is 0. The fourth-order valence-corrected chi connectivity index (χ4v) is 2.87. The highest BCUT2D eigenvalue weighted by Gasteiger charge is 2.13. The van der Waals surface area contributed by atoms with Crippen molar-refractivity contribution in [2.45, 2.75) is 20.8 Å². The molecule has 0 aliphatic rings. The molecule has 3 rings (SSSR count). The molecule has 0 radical (unpaired) electrons. The molecule has 0 aliphatic heterocycles. The summed E-state index contributed by atoms with van der Waals surface area (Å²) in [6.45, 7) is 5.24.